The second kappa shape index (κ2) is 6.72. The standard InChI is InChI=1S/C15H14BrFO3/c1-19-13-5-3-10(8-18)15(7-13)20-9-11-2-4-12(16)6-14(11)17/h2-7,18H,8-9H2,1H3. The Morgan fingerprint density at radius 2 is 1.90 bits per heavy atom. The lowest BCUT2D eigenvalue weighted by Gasteiger charge is -2.12. The van der Waals surface area contributed by atoms with Crippen LogP contribution in [-0.2, 0) is 13.2 Å². The molecule has 0 aliphatic rings. The van der Waals surface area contributed by atoms with Crippen molar-refractivity contribution in [2.24, 2.45) is 0 Å². The Hall–Kier alpha value is -1.59. The van der Waals surface area contributed by atoms with Crippen LogP contribution in [0.1, 0.15) is 11.1 Å². The van der Waals surface area contributed by atoms with Gasteiger partial charge in [-0.05, 0) is 24.3 Å². The average Bonchev–Trinajstić information content (AvgIpc) is 2.46. The third-order valence-corrected chi connectivity index (χ3v) is 3.34. The monoisotopic (exact) mass is 340 g/mol. The number of rotatable bonds is 5. The molecule has 106 valence electrons. The van der Waals surface area contributed by atoms with E-state index in [0.717, 1.165) is 0 Å². The Kier molecular flexibility index (Phi) is 4.98. The van der Waals surface area contributed by atoms with Gasteiger partial charge in [-0.1, -0.05) is 22.0 Å². The summed E-state index contributed by atoms with van der Waals surface area (Å²) >= 11 is 3.20. The third-order valence-electron chi connectivity index (χ3n) is 2.84. The van der Waals surface area contributed by atoms with Gasteiger partial charge >= 0.3 is 0 Å². The average molecular weight is 341 g/mol. The van der Waals surface area contributed by atoms with Crippen molar-refractivity contribution in [3.05, 3.63) is 57.8 Å². The molecule has 0 aliphatic heterocycles. The number of benzene rings is 2. The molecule has 1 N–H and O–H groups in total. The van der Waals surface area contributed by atoms with Crippen LogP contribution in [-0.4, -0.2) is 12.2 Å². The zero-order valence-corrected chi connectivity index (χ0v) is 12.5. The lowest BCUT2D eigenvalue weighted by atomic mass is 10.2. The summed E-state index contributed by atoms with van der Waals surface area (Å²) in [6, 6.07) is 9.91. The van der Waals surface area contributed by atoms with E-state index >= 15 is 0 Å². The van der Waals surface area contributed by atoms with Crippen molar-refractivity contribution in [1.82, 2.24) is 0 Å². The highest BCUT2D eigenvalue weighted by Gasteiger charge is 2.08. The first-order valence-corrected chi connectivity index (χ1v) is 6.78. The molecule has 0 atom stereocenters. The molecule has 0 saturated heterocycles. The molecule has 0 spiro atoms. The maximum Gasteiger partial charge on any atom is 0.130 e. The number of aliphatic hydroxyl groups excluding tert-OH is 1. The fourth-order valence-electron chi connectivity index (χ4n) is 1.72. The molecule has 2 aromatic carbocycles. The number of ether oxygens (including phenoxy) is 2. The molecular weight excluding hydrogens is 327 g/mol. The molecule has 0 fully saturated rings. The third kappa shape index (κ3) is 3.49. The Balaban J connectivity index is 2.17. The topological polar surface area (TPSA) is 38.7 Å². The molecule has 0 unspecified atom stereocenters. The van der Waals surface area contributed by atoms with Gasteiger partial charge in [-0.2, -0.15) is 0 Å². The highest BCUT2D eigenvalue weighted by Crippen LogP contribution is 2.26. The van der Waals surface area contributed by atoms with Crippen LogP contribution in [0.4, 0.5) is 4.39 Å². The van der Waals surface area contributed by atoms with Gasteiger partial charge in [0.05, 0.1) is 13.7 Å². The Morgan fingerprint density at radius 3 is 2.55 bits per heavy atom. The van der Waals surface area contributed by atoms with E-state index in [0.29, 0.717) is 27.1 Å². The SMILES string of the molecule is COc1ccc(CO)c(OCc2ccc(Br)cc2F)c1. The maximum absolute atomic E-state index is 13.7. The minimum atomic E-state index is -0.340. The molecule has 5 heteroatoms. The second-order valence-corrected chi connectivity index (χ2v) is 5.07. The van der Waals surface area contributed by atoms with Gasteiger partial charge in [0.2, 0.25) is 0 Å². The number of hydrogen-bond donors (Lipinski definition) is 1. The lowest BCUT2D eigenvalue weighted by Crippen LogP contribution is -2.01. The summed E-state index contributed by atoms with van der Waals surface area (Å²) in [6.45, 7) is -0.0680. The quantitative estimate of drug-likeness (QED) is 0.902. The van der Waals surface area contributed by atoms with E-state index in [-0.39, 0.29) is 19.0 Å². The first-order chi connectivity index (χ1) is 9.63. The maximum atomic E-state index is 13.7. The number of hydrogen-bond acceptors (Lipinski definition) is 3. The molecule has 0 aromatic heterocycles. The second-order valence-electron chi connectivity index (χ2n) is 4.16. The van der Waals surface area contributed by atoms with E-state index in [9.17, 15) is 9.50 Å². The predicted octanol–water partition coefficient (Wildman–Crippen LogP) is 3.67. The fourth-order valence-corrected chi connectivity index (χ4v) is 2.05. The molecular formula is C15H14BrFO3. The van der Waals surface area contributed by atoms with E-state index < -0.39 is 0 Å². The Bertz CT molecular complexity index is 602. The highest BCUT2D eigenvalue weighted by molar-refractivity contribution is 9.10. The van der Waals surface area contributed by atoms with Crippen molar-refractivity contribution in [2.75, 3.05) is 7.11 Å². The number of methoxy groups -OCH3 is 1. The van der Waals surface area contributed by atoms with Gasteiger partial charge < -0.3 is 14.6 Å². The molecule has 0 saturated carbocycles. The van der Waals surface area contributed by atoms with Crippen LogP contribution >= 0.6 is 15.9 Å². The van der Waals surface area contributed by atoms with Gasteiger partial charge in [0.1, 0.15) is 23.9 Å². The number of aliphatic hydroxyl groups is 1. The highest BCUT2D eigenvalue weighted by atomic mass is 79.9. The van der Waals surface area contributed by atoms with Crippen LogP contribution in [0.3, 0.4) is 0 Å². The molecule has 0 aliphatic carbocycles. The molecule has 20 heavy (non-hydrogen) atoms. The predicted molar refractivity (Wildman–Crippen MR) is 77.3 cm³/mol. The molecule has 3 nitrogen and oxygen atoms in total. The van der Waals surface area contributed by atoms with Gasteiger partial charge in [-0.25, -0.2) is 4.39 Å². The van der Waals surface area contributed by atoms with E-state index in [4.69, 9.17) is 9.47 Å². The summed E-state index contributed by atoms with van der Waals surface area (Å²) in [5.41, 5.74) is 1.07. The number of halogens is 2. The van der Waals surface area contributed by atoms with E-state index in [1.165, 1.54) is 6.07 Å². The van der Waals surface area contributed by atoms with Gasteiger partial charge in [0.15, 0.2) is 0 Å². The summed E-state index contributed by atoms with van der Waals surface area (Å²) in [5.74, 6) is 0.760. The minimum Gasteiger partial charge on any atom is -0.497 e. The first kappa shape index (κ1) is 14.8. The largest absolute Gasteiger partial charge is 0.497 e. The normalized spacial score (nSPS) is 10.4. The van der Waals surface area contributed by atoms with E-state index in [2.05, 4.69) is 15.9 Å². The Morgan fingerprint density at radius 1 is 1.15 bits per heavy atom. The van der Waals surface area contributed by atoms with Gasteiger partial charge in [0.25, 0.3) is 0 Å². The summed E-state index contributed by atoms with van der Waals surface area (Å²) < 4.78 is 25.1. The summed E-state index contributed by atoms with van der Waals surface area (Å²) in [5, 5.41) is 9.27. The van der Waals surface area contributed by atoms with Crippen LogP contribution in [0.2, 0.25) is 0 Å². The first-order valence-electron chi connectivity index (χ1n) is 5.98. The van der Waals surface area contributed by atoms with E-state index in [1.54, 1.807) is 37.4 Å². The zero-order chi connectivity index (χ0) is 14.5. The lowest BCUT2D eigenvalue weighted by molar-refractivity contribution is 0.256. The smallest absolute Gasteiger partial charge is 0.130 e. The molecule has 2 rings (SSSR count). The Labute approximate surface area is 125 Å². The molecule has 0 bridgehead atoms. The van der Waals surface area contributed by atoms with Gasteiger partial charge in [-0.3, -0.25) is 0 Å². The minimum absolute atomic E-state index is 0.0826. The van der Waals surface area contributed by atoms with Crippen LogP contribution in [0.15, 0.2) is 40.9 Å². The summed E-state index contributed by atoms with van der Waals surface area (Å²) in [6.07, 6.45) is 0. The van der Waals surface area contributed by atoms with Crippen molar-refractivity contribution in [3.8, 4) is 11.5 Å². The van der Waals surface area contributed by atoms with Crippen molar-refractivity contribution in [1.29, 1.82) is 0 Å². The van der Waals surface area contributed by atoms with Crippen molar-refractivity contribution >= 4 is 15.9 Å². The molecule has 0 radical (unpaired) electrons. The van der Waals surface area contributed by atoms with Crippen molar-refractivity contribution in [2.45, 2.75) is 13.2 Å². The summed E-state index contributed by atoms with van der Waals surface area (Å²) in [7, 11) is 1.55. The summed E-state index contributed by atoms with van der Waals surface area (Å²) in [4.78, 5) is 0. The molecule has 0 amide bonds. The van der Waals surface area contributed by atoms with Crippen LogP contribution in [0, 0.1) is 5.82 Å². The van der Waals surface area contributed by atoms with E-state index in [1.807, 2.05) is 0 Å². The molecule has 0 heterocycles. The van der Waals surface area contributed by atoms with Crippen molar-refractivity contribution in [3.63, 3.8) is 0 Å². The van der Waals surface area contributed by atoms with Gasteiger partial charge in [-0.15, -0.1) is 0 Å². The van der Waals surface area contributed by atoms with Crippen LogP contribution < -0.4 is 9.47 Å². The fraction of sp³-hybridized carbons (Fsp3) is 0.200. The zero-order valence-electron chi connectivity index (χ0n) is 10.9. The van der Waals surface area contributed by atoms with Crippen LogP contribution in [0.25, 0.3) is 0 Å². The van der Waals surface area contributed by atoms with Crippen molar-refractivity contribution < 1.29 is 19.0 Å². The molecule has 2 aromatic rings. The van der Waals surface area contributed by atoms with Crippen LogP contribution in [0.5, 0.6) is 11.5 Å². The van der Waals surface area contributed by atoms with Gasteiger partial charge in [0, 0.05) is 21.7 Å².